The number of methoxy groups -OCH3 is 2. The van der Waals surface area contributed by atoms with E-state index in [9.17, 15) is 4.79 Å². The SMILES string of the molecule is COc1ccc(C2C(N)CCC(=O)N2CC(C)C)cc1OC. The molecule has 2 N–H and O–H groups in total. The maximum absolute atomic E-state index is 12.4. The molecule has 0 aliphatic carbocycles. The third-order valence-electron chi connectivity index (χ3n) is 4.06. The standard InChI is InChI=1S/C17H26N2O3/c1-11(2)10-19-16(20)8-6-13(18)17(19)12-5-7-14(21-3)15(9-12)22-4/h5,7,9,11,13,17H,6,8,10,18H2,1-4H3. The Labute approximate surface area is 132 Å². The first-order valence-electron chi connectivity index (χ1n) is 7.75. The van der Waals surface area contributed by atoms with Crippen molar-refractivity contribution < 1.29 is 14.3 Å². The van der Waals surface area contributed by atoms with Gasteiger partial charge in [-0.3, -0.25) is 4.79 Å². The Bertz CT molecular complexity index is 531. The van der Waals surface area contributed by atoms with Crippen LogP contribution in [0, 0.1) is 5.92 Å². The van der Waals surface area contributed by atoms with Crippen LogP contribution in [0.2, 0.25) is 0 Å². The van der Waals surface area contributed by atoms with Crippen molar-refractivity contribution >= 4 is 5.91 Å². The van der Waals surface area contributed by atoms with Gasteiger partial charge in [-0.2, -0.15) is 0 Å². The molecule has 1 aliphatic rings. The Morgan fingerprint density at radius 1 is 1.27 bits per heavy atom. The highest BCUT2D eigenvalue weighted by molar-refractivity contribution is 5.78. The molecule has 1 fully saturated rings. The average Bonchev–Trinajstić information content (AvgIpc) is 2.50. The van der Waals surface area contributed by atoms with Crippen LogP contribution >= 0.6 is 0 Å². The summed E-state index contributed by atoms with van der Waals surface area (Å²) >= 11 is 0. The van der Waals surface area contributed by atoms with Gasteiger partial charge in [-0.1, -0.05) is 19.9 Å². The van der Waals surface area contributed by atoms with E-state index >= 15 is 0 Å². The summed E-state index contributed by atoms with van der Waals surface area (Å²) in [4.78, 5) is 14.3. The fourth-order valence-electron chi connectivity index (χ4n) is 3.05. The van der Waals surface area contributed by atoms with Crippen LogP contribution in [-0.2, 0) is 4.79 Å². The van der Waals surface area contributed by atoms with Crippen LogP contribution in [-0.4, -0.2) is 37.6 Å². The molecule has 1 heterocycles. The molecule has 1 aliphatic heterocycles. The van der Waals surface area contributed by atoms with E-state index in [4.69, 9.17) is 15.2 Å². The van der Waals surface area contributed by atoms with E-state index in [0.717, 1.165) is 5.56 Å². The molecule has 1 amide bonds. The Morgan fingerprint density at radius 2 is 1.95 bits per heavy atom. The number of likely N-dealkylation sites (tertiary alicyclic amines) is 1. The lowest BCUT2D eigenvalue weighted by molar-refractivity contribution is -0.138. The van der Waals surface area contributed by atoms with Gasteiger partial charge in [0.2, 0.25) is 5.91 Å². The van der Waals surface area contributed by atoms with Crippen LogP contribution in [0.25, 0.3) is 0 Å². The molecule has 1 saturated heterocycles. The van der Waals surface area contributed by atoms with Gasteiger partial charge >= 0.3 is 0 Å². The van der Waals surface area contributed by atoms with Gasteiger partial charge in [-0.15, -0.1) is 0 Å². The van der Waals surface area contributed by atoms with Crippen molar-refractivity contribution in [2.45, 2.75) is 38.8 Å². The highest BCUT2D eigenvalue weighted by Crippen LogP contribution is 2.36. The van der Waals surface area contributed by atoms with Crippen LogP contribution in [0.4, 0.5) is 0 Å². The third kappa shape index (κ3) is 3.35. The second-order valence-corrected chi connectivity index (χ2v) is 6.20. The number of nitrogens with zero attached hydrogens (tertiary/aromatic N) is 1. The molecule has 5 heteroatoms. The first-order chi connectivity index (χ1) is 10.5. The Kier molecular flexibility index (Phi) is 5.29. The number of amides is 1. The molecule has 2 rings (SSSR count). The van der Waals surface area contributed by atoms with E-state index in [1.54, 1.807) is 14.2 Å². The first-order valence-corrected chi connectivity index (χ1v) is 7.75. The number of hydrogen-bond acceptors (Lipinski definition) is 4. The summed E-state index contributed by atoms with van der Waals surface area (Å²) in [5.41, 5.74) is 7.33. The minimum Gasteiger partial charge on any atom is -0.493 e. The Morgan fingerprint density at radius 3 is 2.55 bits per heavy atom. The van der Waals surface area contributed by atoms with Gasteiger partial charge in [0.25, 0.3) is 0 Å². The molecule has 2 atom stereocenters. The van der Waals surface area contributed by atoms with Gasteiger partial charge in [-0.05, 0) is 30.0 Å². The van der Waals surface area contributed by atoms with E-state index in [1.165, 1.54) is 0 Å². The van der Waals surface area contributed by atoms with Crippen molar-refractivity contribution in [2.75, 3.05) is 20.8 Å². The van der Waals surface area contributed by atoms with E-state index in [1.807, 2.05) is 23.1 Å². The molecular weight excluding hydrogens is 280 g/mol. The molecule has 0 bridgehead atoms. The Hall–Kier alpha value is -1.75. The van der Waals surface area contributed by atoms with Crippen LogP contribution in [0.5, 0.6) is 11.5 Å². The van der Waals surface area contributed by atoms with Gasteiger partial charge in [0.1, 0.15) is 0 Å². The topological polar surface area (TPSA) is 64.8 Å². The predicted molar refractivity (Wildman–Crippen MR) is 86.0 cm³/mol. The number of piperidine rings is 1. The first kappa shape index (κ1) is 16.6. The van der Waals surface area contributed by atoms with Crippen molar-refractivity contribution in [1.29, 1.82) is 0 Å². The summed E-state index contributed by atoms with van der Waals surface area (Å²) < 4.78 is 10.7. The second-order valence-electron chi connectivity index (χ2n) is 6.20. The van der Waals surface area contributed by atoms with Crippen LogP contribution < -0.4 is 15.2 Å². The summed E-state index contributed by atoms with van der Waals surface area (Å²) in [7, 11) is 3.22. The van der Waals surface area contributed by atoms with Gasteiger partial charge < -0.3 is 20.1 Å². The molecule has 2 unspecified atom stereocenters. The minimum absolute atomic E-state index is 0.0606. The van der Waals surface area contributed by atoms with Crippen LogP contribution in [0.1, 0.15) is 38.3 Å². The molecular formula is C17H26N2O3. The second kappa shape index (κ2) is 7.01. The zero-order valence-electron chi connectivity index (χ0n) is 13.8. The summed E-state index contributed by atoms with van der Waals surface area (Å²) in [6, 6.07) is 5.60. The van der Waals surface area contributed by atoms with Crippen molar-refractivity contribution in [2.24, 2.45) is 11.7 Å². The number of nitrogens with two attached hydrogens (primary N) is 1. The lowest BCUT2D eigenvalue weighted by Gasteiger charge is -2.41. The molecule has 0 spiro atoms. The number of benzene rings is 1. The van der Waals surface area contributed by atoms with Crippen molar-refractivity contribution in [3.05, 3.63) is 23.8 Å². The third-order valence-corrected chi connectivity index (χ3v) is 4.06. The Balaban J connectivity index is 2.38. The molecule has 5 nitrogen and oxygen atoms in total. The van der Waals surface area contributed by atoms with Crippen molar-refractivity contribution in [3.63, 3.8) is 0 Å². The largest absolute Gasteiger partial charge is 0.493 e. The molecule has 1 aromatic carbocycles. The average molecular weight is 306 g/mol. The quantitative estimate of drug-likeness (QED) is 0.907. The highest BCUT2D eigenvalue weighted by atomic mass is 16.5. The van der Waals surface area contributed by atoms with E-state index < -0.39 is 0 Å². The zero-order chi connectivity index (χ0) is 16.3. The number of hydrogen-bond donors (Lipinski definition) is 1. The van der Waals surface area contributed by atoms with Gasteiger partial charge in [0.05, 0.1) is 20.3 Å². The van der Waals surface area contributed by atoms with Crippen molar-refractivity contribution in [3.8, 4) is 11.5 Å². The molecule has 22 heavy (non-hydrogen) atoms. The molecule has 0 saturated carbocycles. The molecule has 122 valence electrons. The maximum atomic E-state index is 12.4. The lowest BCUT2D eigenvalue weighted by atomic mass is 9.89. The summed E-state index contributed by atoms with van der Waals surface area (Å²) in [5.74, 6) is 1.92. The fraction of sp³-hybridized carbons (Fsp3) is 0.588. The maximum Gasteiger partial charge on any atom is 0.223 e. The summed E-state index contributed by atoms with van der Waals surface area (Å²) in [5, 5.41) is 0. The highest BCUT2D eigenvalue weighted by Gasteiger charge is 2.35. The number of carbonyl (C=O) groups excluding carboxylic acids is 1. The minimum atomic E-state index is -0.108. The molecule has 1 aromatic rings. The lowest BCUT2D eigenvalue weighted by Crippen LogP contribution is -2.49. The predicted octanol–water partition coefficient (Wildman–Crippen LogP) is 2.35. The number of rotatable bonds is 5. The van der Waals surface area contributed by atoms with E-state index in [2.05, 4.69) is 13.8 Å². The van der Waals surface area contributed by atoms with Gasteiger partial charge in [0, 0.05) is 19.0 Å². The number of ether oxygens (including phenoxy) is 2. The summed E-state index contributed by atoms with van der Waals surface area (Å²) in [6.07, 6.45) is 1.24. The molecule has 0 aromatic heterocycles. The molecule has 0 radical (unpaired) electrons. The fourth-order valence-corrected chi connectivity index (χ4v) is 3.05. The van der Waals surface area contributed by atoms with E-state index in [-0.39, 0.29) is 18.0 Å². The number of carbonyl (C=O) groups is 1. The zero-order valence-corrected chi connectivity index (χ0v) is 13.8. The van der Waals surface area contributed by atoms with Gasteiger partial charge in [-0.25, -0.2) is 0 Å². The van der Waals surface area contributed by atoms with Crippen LogP contribution in [0.3, 0.4) is 0 Å². The van der Waals surface area contributed by atoms with Crippen molar-refractivity contribution in [1.82, 2.24) is 4.90 Å². The monoisotopic (exact) mass is 306 g/mol. The smallest absolute Gasteiger partial charge is 0.223 e. The van der Waals surface area contributed by atoms with Crippen LogP contribution in [0.15, 0.2) is 18.2 Å². The normalized spacial score (nSPS) is 22.1. The van der Waals surface area contributed by atoms with Gasteiger partial charge in [0.15, 0.2) is 11.5 Å². The van der Waals surface area contributed by atoms with E-state index in [0.29, 0.717) is 36.8 Å². The summed E-state index contributed by atoms with van der Waals surface area (Å²) in [6.45, 7) is 4.93.